The lowest BCUT2D eigenvalue weighted by Crippen LogP contribution is -2.45. The Bertz CT molecular complexity index is 163. The fourth-order valence-corrected chi connectivity index (χ4v) is 6.70. The highest BCUT2D eigenvalue weighted by atomic mass is 28.3. The second kappa shape index (κ2) is 14.1. The summed E-state index contributed by atoms with van der Waals surface area (Å²) in [6, 6.07) is 4.18. The Labute approximate surface area is 130 Å². The van der Waals surface area contributed by atoms with Crippen molar-refractivity contribution in [1.29, 1.82) is 0 Å². The fourth-order valence-electron chi connectivity index (χ4n) is 3.09. The van der Waals surface area contributed by atoms with Crippen molar-refractivity contribution in [3.05, 3.63) is 0 Å². The van der Waals surface area contributed by atoms with E-state index in [-0.39, 0.29) is 0 Å². The topological polar surface area (TPSA) is 26.0 Å². The van der Waals surface area contributed by atoms with E-state index in [4.69, 9.17) is 5.40 Å². The van der Waals surface area contributed by atoms with Gasteiger partial charge in [-0.15, -0.1) is 18.1 Å². The van der Waals surface area contributed by atoms with E-state index in [1.807, 2.05) is 0 Å². The maximum Gasteiger partial charge on any atom is -0.0537 e. The van der Waals surface area contributed by atoms with Gasteiger partial charge < -0.3 is 5.40 Å². The lowest BCUT2D eigenvalue weighted by atomic mass is 10.2. The van der Waals surface area contributed by atoms with E-state index in [1.54, 1.807) is 0 Å². The first-order valence-electron chi connectivity index (χ1n) is 9.47. The molecule has 0 bridgehead atoms. The van der Waals surface area contributed by atoms with Gasteiger partial charge in [-0.05, 0) is 0 Å². The first kappa shape index (κ1) is 20.2. The predicted molar refractivity (Wildman–Crippen MR) is 96.8 cm³/mol. The minimum Gasteiger partial charge on any atom is -0.479 e. The highest BCUT2D eigenvalue weighted by Crippen LogP contribution is 2.25. The van der Waals surface area contributed by atoms with Gasteiger partial charge in [-0.2, -0.15) is 0 Å². The summed E-state index contributed by atoms with van der Waals surface area (Å²) >= 11 is 0. The number of rotatable bonds is 15. The summed E-state index contributed by atoms with van der Waals surface area (Å²) in [5.41, 5.74) is 0. The van der Waals surface area contributed by atoms with Crippen molar-refractivity contribution in [3.63, 3.8) is 0 Å². The minimum atomic E-state index is -1.40. The van der Waals surface area contributed by atoms with Crippen LogP contribution in [-0.2, 0) is 0 Å². The van der Waals surface area contributed by atoms with Gasteiger partial charge in [0.25, 0.3) is 0 Å². The average molecular weight is 300 g/mol. The molecule has 0 saturated carbocycles. The normalized spacial score (nSPS) is 12.0. The quantitative estimate of drug-likeness (QED) is 0.266. The molecule has 0 aliphatic heterocycles. The Morgan fingerprint density at radius 2 is 0.800 bits per heavy atom. The number of unbranched alkanes of at least 4 members (excludes halogenated alkanes) is 9. The summed E-state index contributed by atoms with van der Waals surface area (Å²) in [5, 5.41) is 6.88. The molecule has 1 nitrogen and oxygen atoms in total. The zero-order valence-electron chi connectivity index (χ0n) is 14.7. The molecule has 0 aromatic rings. The molecule has 0 saturated heterocycles. The summed E-state index contributed by atoms with van der Waals surface area (Å²) in [7, 11) is -1.40. The molecule has 0 unspecified atom stereocenters. The zero-order chi connectivity index (χ0) is 15.1. The number of hydrogen-bond acceptors (Lipinski definition) is 1. The van der Waals surface area contributed by atoms with E-state index in [0.717, 1.165) is 0 Å². The molecule has 20 heavy (non-hydrogen) atoms. The van der Waals surface area contributed by atoms with Crippen molar-refractivity contribution >= 4 is 8.24 Å². The molecule has 2 heteroatoms. The van der Waals surface area contributed by atoms with Crippen LogP contribution in [0.2, 0.25) is 18.1 Å². The van der Waals surface area contributed by atoms with Crippen LogP contribution in [0.3, 0.4) is 0 Å². The van der Waals surface area contributed by atoms with Crippen LogP contribution >= 0.6 is 0 Å². The molecule has 2 N–H and O–H groups in total. The van der Waals surface area contributed by atoms with Gasteiger partial charge in [0.1, 0.15) is 0 Å². The summed E-state index contributed by atoms with van der Waals surface area (Å²) in [6.45, 7) is 6.88. The highest BCUT2D eigenvalue weighted by Gasteiger charge is 2.14. The third-order valence-corrected chi connectivity index (χ3v) is 8.63. The fraction of sp³-hybridized carbons (Fsp3) is 1.00. The third kappa shape index (κ3) is 12.0. The van der Waals surface area contributed by atoms with E-state index in [9.17, 15) is 0 Å². The maximum absolute atomic E-state index is 6.88. The monoisotopic (exact) mass is 299 g/mol. The van der Waals surface area contributed by atoms with E-state index in [2.05, 4.69) is 20.8 Å². The molecular weight excluding hydrogens is 258 g/mol. The third-order valence-electron chi connectivity index (χ3n) is 4.58. The predicted octanol–water partition coefficient (Wildman–Crippen LogP) is 6.63. The molecular formula is C18H41NSi-. The van der Waals surface area contributed by atoms with Crippen LogP contribution in [0.25, 0.3) is 0 Å². The largest absolute Gasteiger partial charge is 0.479 e. The first-order valence-corrected chi connectivity index (χ1v) is 12.2. The molecule has 0 radical (unpaired) electrons. The van der Waals surface area contributed by atoms with Crippen molar-refractivity contribution in [3.8, 4) is 0 Å². The molecule has 0 fully saturated rings. The van der Waals surface area contributed by atoms with Crippen LogP contribution < -0.4 is 5.40 Å². The van der Waals surface area contributed by atoms with Crippen LogP contribution in [0, 0.1) is 0 Å². The number of hydrogen-bond donors (Lipinski definition) is 1. The first-order chi connectivity index (χ1) is 9.68. The molecule has 123 valence electrons. The van der Waals surface area contributed by atoms with E-state index in [0.29, 0.717) is 0 Å². The van der Waals surface area contributed by atoms with E-state index >= 15 is 0 Å². The second-order valence-corrected chi connectivity index (χ2v) is 11.0. The molecule has 0 heterocycles. The molecule has 0 rings (SSSR count). The molecule has 0 aliphatic rings. The lowest BCUT2D eigenvalue weighted by molar-refractivity contribution is 0.663. The SMILES string of the molecule is CCCCCC[Si-](N)(CCCCCC)CCCCCC. The molecule has 0 aromatic heterocycles. The Hall–Kier alpha value is 0.177. The van der Waals surface area contributed by atoms with Crippen LogP contribution in [0.1, 0.15) is 97.8 Å². The smallest absolute Gasteiger partial charge is 0.0537 e. The van der Waals surface area contributed by atoms with Gasteiger partial charge in [0.15, 0.2) is 0 Å². The molecule has 0 aliphatic carbocycles. The van der Waals surface area contributed by atoms with Gasteiger partial charge in [-0.3, -0.25) is 0 Å². The highest BCUT2D eigenvalue weighted by molar-refractivity contribution is 6.76. The van der Waals surface area contributed by atoms with Crippen molar-refractivity contribution in [2.75, 3.05) is 0 Å². The molecule has 0 aromatic carbocycles. The summed E-state index contributed by atoms with van der Waals surface area (Å²) < 4.78 is 0. The summed E-state index contributed by atoms with van der Waals surface area (Å²) in [5.74, 6) is 0. The van der Waals surface area contributed by atoms with E-state index in [1.165, 1.54) is 95.2 Å². The van der Waals surface area contributed by atoms with Crippen LogP contribution in [0.4, 0.5) is 0 Å². The van der Waals surface area contributed by atoms with Crippen LogP contribution in [0.15, 0.2) is 0 Å². The Kier molecular flexibility index (Phi) is 14.3. The molecule has 0 spiro atoms. The van der Waals surface area contributed by atoms with Crippen molar-refractivity contribution < 1.29 is 0 Å². The van der Waals surface area contributed by atoms with Gasteiger partial charge in [0, 0.05) is 0 Å². The van der Waals surface area contributed by atoms with Crippen LogP contribution in [0.5, 0.6) is 0 Å². The van der Waals surface area contributed by atoms with Gasteiger partial charge >= 0.3 is 0 Å². The van der Waals surface area contributed by atoms with Crippen molar-refractivity contribution in [2.45, 2.75) is 116 Å². The summed E-state index contributed by atoms with van der Waals surface area (Å²) in [6.07, 6.45) is 16.6. The summed E-state index contributed by atoms with van der Waals surface area (Å²) in [4.78, 5) is 0. The van der Waals surface area contributed by atoms with Crippen molar-refractivity contribution in [2.24, 2.45) is 5.40 Å². The Balaban J connectivity index is 3.98. The average Bonchev–Trinajstić information content (AvgIpc) is 2.45. The number of nitrogens with two attached hydrogens (primary N) is 1. The molecule has 0 amide bonds. The Morgan fingerprint density at radius 1 is 0.500 bits per heavy atom. The zero-order valence-corrected chi connectivity index (χ0v) is 15.7. The standard InChI is InChI=1S/C18H41NSi/c1-4-7-10-13-16-20(19,17-14-11-8-5-2)18-15-12-9-6-3/h4-19H2,1-3H3/q-1. The van der Waals surface area contributed by atoms with Crippen molar-refractivity contribution in [1.82, 2.24) is 0 Å². The second-order valence-electron chi connectivity index (χ2n) is 6.79. The van der Waals surface area contributed by atoms with Gasteiger partial charge in [0.05, 0.1) is 0 Å². The van der Waals surface area contributed by atoms with Gasteiger partial charge in [0.2, 0.25) is 0 Å². The van der Waals surface area contributed by atoms with Gasteiger partial charge in [-0.25, -0.2) is 0 Å². The maximum atomic E-state index is 6.88. The minimum absolute atomic E-state index is 1.34. The van der Waals surface area contributed by atoms with Crippen LogP contribution in [-0.4, -0.2) is 8.24 Å². The molecule has 0 atom stereocenters. The lowest BCUT2D eigenvalue weighted by Gasteiger charge is -2.39. The van der Waals surface area contributed by atoms with E-state index < -0.39 is 8.24 Å². The Morgan fingerprint density at radius 3 is 1.05 bits per heavy atom. The van der Waals surface area contributed by atoms with Gasteiger partial charge in [-0.1, -0.05) is 106 Å².